The van der Waals surface area contributed by atoms with Gasteiger partial charge < -0.3 is 29.8 Å². The quantitative estimate of drug-likeness (QED) is 0.208. The lowest BCUT2D eigenvalue weighted by Gasteiger charge is -2.50. The van der Waals surface area contributed by atoms with Crippen molar-refractivity contribution in [3.63, 3.8) is 0 Å². The molecule has 0 fully saturated rings. The van der Waals surface area contributed by atoms with Gasteiger partial charge in [-0.3, -0.25) is 0 Å². The summed E-state index contributed by atoms with van der Waals surface area (Å²) in [6.45, 7) is 11.4. The number of rotatable bonds is 20. The molecule has 29 heavy (non-hydrogen) atoms. The number of unbranched alkanes of at least 4 members (excludes halogenated alkanes) is 10. The van der Waals surface area contributed by atoms with E-state index in [4.69, 9.17) is 13.3 Å². The summed E-state index contributed by atoms with van der Waals surface area (Å²) in [6, 6.07) is 0.484. The van der Waals surface area contributed by atoms with E-state index in [1.807, 2.05) is 0 Å². The topological polar surface area (TPSA) is 27.7 Å². The average Bonchev–Trinajstić information content (AvgIpc) is 2.73. The van der Waals surface area contributed by atoms with Crippen LogP contribution in [0.25, 0.3) is 0 Å². The Morgan fingerprint density at radius 2 is 0.966 bits per heavy atom. The van der Waals surface area contributed by atoms with Gasteiger partial charge in [-0.1, -0.05) is 72.1 Å². The monoisotopic (exact) mass is 453 g/mol. The number of quaternary nitrogens is 1. The Bertz CT molecular complexity index is 333. The number of halogens is 1. The third kappa shape index (κ3) is 10.0. The summed E-state index contributed by atoms with van der Waals surface area (Å²) in [5.74, 6) is 0. The molecule has 0 rings (SSSR count). The van der Waals surface area contributed by atoms with Crippen LogP contribution >= 0.6 is 0 Å². The van der Waals surface area contributed by atoms with Crippen molar-refractivity contribution < 1.29 is 29.8 Å². The molecule has 0 bridgehead atoms. The van der Waals surface area contributed by atoms with Gasteiger partial charge in [-0.15, -0.1) is 0 Å². The van der Waals surface area contributed by atoms with E-state index in [0.717, 1.165) is 23.7 Å². The minimum atomic E-state index is -2.79. The van der Waals surface area contributed by atoms with E-state index in [0.29, 0.717) is 6.04 Å². The molecule has 0 aromatic heterocycles. The first-order chi connectivity index (χ1) is 13.5. The molecule has 178 valence electrons. The summed E-state index contributed by atoms with van der Waals surface area (Å²) in [5, 5.41) is 0. The number of nitrogens with zero attached hydrogens (tertiary/aromatic N) is 1. The van der Waals surface area contributed by atoms with Gasteiger partial charge in [-0.05, 0) is 39.0 Å². The van der Waals surface area contributed by atoms with Gasteiger partial charge in [0, 0.05) is 21.3 Å². The largest absolute Gasteiger partial charge is 1.00 e. The minimum absolute atomic E-state index is 0. The fourth-order valence-corrected chi connectivity index (χ4v) is 7.77. The summed E-state index contributed by atoms with van der Waals surface area (Å²) >= 11 is 0. The van der Waals surface area contributed by atoms with Crippen LogP contribution in [-0.2, 0) is 13.3 Å². The molecule has 0 radical (unpaired) electrons. The molecule has 6 heteroatoms. The maximum Gasteiger partial charge on any atom is 0.784 e. The summed E-state index contributed by atoms with van der Waals surface area (Å²) in [7, 11) is 2.57. The third-order valence-corrected chi connectivity index (χ3v) is 10.1. The van der Waals surface area contributed by atoms with Crippen LogP contribution in [0.1, 0.15) is 111 Å². The van der Waals surface area contributed by atoms with E-state index in [1.165, 1.54) is 77.0 Å². The van der Waals surface area contributed by atoms with Crippen molar-refractivity contribution in [2.24, 2.45) is 0 Å². The summed E-state index contributed by atoms with van der Waals surface area (Å²) in [6.07, 6.45) is 16.9. The highest BCUT2D eigenvalue weighted by atomic mass is 35.5. The van der Waals surface area contributed by atoms with E-state index >= 15 is 0 Å². The first-order valence-corrected chi connectivity index (χ1v) is 13.7. The Kier molecular flexibility index (Phi) is 20.7. The highest BCUT2D eigenvalue weighted by Crippen LogP contribution is 2.32. The summed E-state index contributed by atoms with van der Waals surface area (Å²) in [5.41, 5.74) is 0. The van der Waals surface area contributed by atoms with Crippen LogP contribution in [0.5, 0.6) is 0 Å². The highest BCUT2D eigenvalue weighted by Gasteiger charge is 2.65. The molecule has 0 aromatic carbocycles. The van der Waals surface area contributed by atoms with Gasteiger partial charge in [0.2, 0.25) is 0 Å². The van der Waals surface area contributed by atoms with Crippen molar-refractivity contribution in [2.75, 3.05) is 34.4 Å². The van der Waals surface area contributed by atoms with Crippen molar-refractivity contribution >= 4 is 8.97 Å². The molecule has 0 heterocycles. The third-order valence-electron chi connectivity index (χ3n) is 6.58. The van der Waals surface area contributed by atoms with E-state index in [1.54, 1.807) is 21.3 Å². The smallest absolute Gasteiger partial charge is 0.784 e. The predicted octanol–water partition coefficient (Wildman–Crippen LogP) is 3.70. The second-order valence-corrected chi connectivity index (χ2v) is 11.6. The van der Waals surface area contributed by atoms with E-state index in [-0.39, 0.29) is 12.4 Å². The maximum absolute atomic E-state index is 6.08. The van der Waals surface area contributed by atoms with Gasteiger partial charge in [-0.25, -0.2) is 0 Å². The maximum atomic E-state index is 6.08. The van der Waals surface area contributed by atoms with E-state index in [9.17, 15) is 0 Å². The van der Waals surface area contributed by atoms with Crippen molar-refractivity contribution in [1.82, 2.24) is 0 Å². The fraction of sp³-hybridized carbons (Fsp3) is 1.00. The zero-order valence-corrected chi connectivity index (χ0v) is 22.5. The predicted molar refractivity (Wildman–Crippen MR) is 123 cm³/mol. The minimum Gasteiger partial charge on any atom is -1.00 e. The van der Waals surface area contributed by atoms with Gasteiger partial charge in [0.1, 0.15) is 0 Å². The fourth-order valence-electron chi connectivity index (χ4n) is 4.59. The van der Waals surface area contributed by atoms with Crippen molar-refractivity contribution in [3.8, 4) is 0 Å². The zero-order chi connectivity index (χ0) is 21.3. The molecule has 1 unspecified atom stereocenters. The van der Waals surface area contributed by atoms with Gasteiger partial charge in [-0.2, -0.15) is 0 Å². The van der Waals surface area contributed by atoms with Gasteiger partial charge in [0.25, 0.3) is 0 Å². The molecular formula is C23H52ClNO3Si. The normalized spacial score (nSPS) is 13.3. The second-order valence-electron chi connectivity index (χ2n) is 8.41. The first kappa shape index (κ1) is 31.5. The van der Waals surface area contributed by atoms with E-state index < -0.39 is 8.97 Å². The molecule has 0 amide bonds. The van der Waals surface area contributed by atoms with Crippen molar-refractivity contribution in [2.45, 2.75) is 117 Å². The van der Waals surface area contributed by atoms with Gasteiger partial charge >= 0.3 is 8.97 Å². The Morgan fingerprint density at radius 3 is 1.28 bits per heavy atom. The molecule has 0 saturated heterocycles. The first-order valence-electron chi connectivity index (χ1n) is 12.1. The SMILES string of the molecule is CCCCCCCC[N+](CCCCCCCC)(C(C)CC)[Si](OC)(OC)OC.[Cl-]. The molecular weight excluding hydrogens is 402 g/mol. The van der Waals surface area contributed by atoms with Crippen LogP contribution in [0.2, 0.25) is 0 Å². The van der Waals surface area contributed by atoms with Gasteiger partial charge in [0.05, 0.1) is 19.1 Å². The van der Waals surface area contributed by atoms with Crippen LogP contribution in [0.3, 0.4) is 0 Å². The molecule has 0 saturated carbocycles. The van der Waals surface area contributed by atoms with Crippen LogP contribution in [-0.4, -0.2) is 53.6 Å². The average molecular weight is 454 g/mol. The zero-order valence-electron chi connectivity index (χ0n) is 20.7. The van der Waals surface area contributed by atoms with Crippen LogP contribution < -0.4 is 12.4 Å². The standard InChI is InChI=1S/C23H52NO3Si.ClH/c1-8-11-13-15-17-19-21-24(23(4)10-3,28(25-5,26-6)27-7)22-20-18-16-14-12-9-2;/h23H,8-22H2,1-7H3;1H/q+1;/p-1. The Balaban J connectivity index is 0. The number of hydrogen-bond donors (Lipinski definition) is 0. The lowest BCUT2D eigenvalue weighted by atomic mass is 10.1. The molecule has 0 aliphatic carbocycles. The van der Waals surface area contributed by atoms with Crippen LogP contribution in [0.15, 0.2) is 0 Å². The Morgan fingerprint density at radius 1 is 0.621 bits per heavy atom. The Hall–Kier alpha value is 0.347. The molecule has 0 aliphatic heterocycles. The number of hydrogen-bond acceptors (Lipinski definition) is 3. The lowest BCUT2D eigenvalue weighted by Crippen LogP contribution is -3.00. The van der Waals surface area contributed by atoms with Crippen LogP contribution in [0, 0.1) is 0 Å². The molecule has 4 nitrogen and oxygen atoms in total. The lowest BCUT2D eigenvalue weighted by molar-refractivity contribution is -0.882. The van der Waals surface area contributed by atoms with Crippen LogP contribution in [0.4, 0.5) is 0 Å². The van der Waals surface area contributed by atoms with Crippen molar-refractivity contribution in [1.29, 1.82) is 0 Å². The molecule has 0 N–H and O–H groups in total. The van der Waals surface area contributed by atoms with Gasteiger partial charge in [0.15, 0.2) is 0 Å². The molecule has 0 spiro atoms. The molecule has 0 aromatic rings. The van der Waals surface area contributed by atoms with E-state index in [2.05, 4.69) is 27.7 Å². The Labute approximate surface area is 190 Å². The summed E-state index contributed by atoms with van der Waals surface area (Å²) < 4.78 is 19.1. The van der Waals surface area contributed by atoms with Crippen molar-refractivity contribution in [3.05, 3.63) is 0 Å². The summed E-state index contributed by atoms with van der Waals surface area (Å²) in [4.78, 5) is 0. The second kappa shape index (κ2) is 19.1. The highest BCUT2D eigenvalue weighted by molar-refractivity contribution is 6.52. The molecule has 0 aliphatic rings. The molecule has 1 atom stereocenters.